The molecule has 0 aromatic rings. The van der Waals surface area contributed by atoms with Crippen molar-refractivity contribution in [3.05, 3.63) is 47.5 Å². The molecule has 1 aliphatic carbocycles. The Kier molecular flexibility index (Phi) is 6.35. The van der Waals surface area contributed by atoms with Crippen LogP contribution >= 0.6 is 0 Å². The van der Waals surface area contributed by atoms with Gasteiger partial charge in [0, 0.05) is 12.0 Å². The SMILES string of the molecule is C=C(C)CCC1(CCC(=C)C)C(=O)C=C(O)C(C(=O)C(C)C)=C1O. The summed E-state index contributed by atoms with van der Waals surface area (Å²) in [5.41, 5.74) is 0.443. The van der Waals surface area contributed by atoms with Crippen molar-refractivity contribution < 1.29 is 19.8 Å². The zero-order chi connectivity index (χ0) is 18.7. The Morgan fingerprint density at radius 2 is 1.58 bits per heavy atom. The van der Waals surface area contributed by atoms with Gasteiger partial charge in [0.15, 0.2) is 11.6 Å². The molecule has 0 aromatic heterocycles. The van der Waals surface area contributed by atoms with Crippen molar-refractivity contribution in [2.24, 2.45) is 11.3 Å². The molecule has 132 valence electrons. The van der Waals surface area contributed by atoms with Crippen LogP contribution in [0.2, 0.25) is 0 Å². The molecule has 0 saturated heterocycles. The van der Waals surface area contributed by atoms with E-state index in [-0.39, 0.29) is 22.9 Å². The molecule has 0 bridgehead atoms. The van der Waals surface area contributed by atoms with Crippen molar-refractivity contribution in [2.45, 2.75) is 53.4 Å². The van der Waals surface area contributed by atoms with Gasteiger partial charge in [-0.05, 0) is 39.5 Å². The summed E-state index contributed by atoms with van der Waals surface area (Å²) in [6, 6.07) is 0. The summed E-state index contributed by atoms with van der Waals surface area (Å²) in [6.07, 6.45) is 2.86. The van der Waals surface area contributed by atoms with Crippen molar-refractivity contribution in [3.8, 4) is 0 Å². The number of aliphatic hydroxyl groups is 2. The standard InChI is InChI=1S/C20H28O4/c1-12(2)7-9-20(10-8-13(3)4)16(22)11-15(21)17(19(20)24)18(23)14(5)6/h11,14,21,24H,1,3,7-10H2,2,4-6H3. The smallest absolute Gasteiger partial charge is 0.173 e. The summed E-state index contributed by atoms with van der Waals surface area (Å²) in [6.45, 7) is 14.8. The van der Waals surface area contributed by atoms with Gasteiger partial charge in [0.25, 0.3) is 0 Å². The van der Waals surface area contributed by atoms with Crippen LogP contribution in [0.15, 0.2) is 47.5 Å². The molecule has 0 unspecified atom stereocenters. The van der Waals surface area contributed by atoms with E-state index in [1.165, 1.54) is 0 Å². The Balaban J connectivity index is 3.46. The third-order valence-electron chi connectivity index (χ3n) is 4.41. The predicted octanol–water partition coefficient (Wildman–Crippen LogP) is 4.75. The van der Waals surface area contributed by atoms with E-state index in [4.69, 9.17) is 0 Å². The molecule has 4 nitrogen and oxygen atoms in total. The third-order valence-corrected chi connectivity index (χ3v) is 4.41. The Morgan fingerprint density at radius 3 is 1.96 bits per heavy atom. The number of carbonyl (C=O) groups excluding carboxylic acids is 2. The maximum absolute atomic E-state index is 12.7. The van der Waals surface area contributed by atoms with E-state index in [1.807, 2.05) is 13.8 Å². The third kappa shape index (κ3) is 4.05. The van der Waals surface area contributed by atoms with E-state index in [0.29, 0.717) is 25.7 Å². The van der Waals surface area contributed by atoms with Crippen molar-refractivity contribution >= 4 is 11.6 Å². The van der Waals surface area contributed by atoms with E-state index in [9.17, 15) is 19.8 Å². The van der Waals surface area contributed by atoms with Gasteiger partial charge in [-0.1, -0.05) is 25.0 Å². The van der Waals surface area contributed by atoms with Crippen LogP contribution in [0.25, 0.3) is 0 Å². The topological polar surface area (TPSA) is 74.6 Å². The number of hydrogen-bond acceptors (Lipinski definition) is 4. The van der Waals surface area contributed by atoms with Crippen LogP contribution < -0.4 is 0 Å². The zero-order valence-corrected chi connectivity index (χ0v) is 15.1. The number of allylic oxidation sites excluding steroid dienone is 5. The van der Waals surface area contributed by atoms with Crippen LogP contribution in [0.1, 0.15) is 53.4 Å². The Hall–Kier alpha value is -2.10. The molecule has 0 aromatic carbocycles. The van der Waals surface area contributed by atoms with Gasteiger partial charge in [-0.2, -0.15) is 0 Å². The van der Waals surface area contributed by atoms with Crippen LogP contribution in [0.4, 0.5) is 0 Å². The molecule has 0 spiro atoms. The molecule has 1 rings (SSSR count). The highest BCUT2D eigenvalue weighted by atomic mass is 16.3. The van der Waals surface area contributed by atoms with Crippen LogP contribution in [0, 0.1) is 11.3 Å². The number of carbonyl (C=O) groups is 2. The summed E-state index contributed by atoms with van der Waals surface area (Å²) >= 11 is 0. The van der Waals surface area contributed by atoms with Gasteiger partial charge in [0.05, 0.1) is 11.0 Å². The van der Waals surface area contributed by atoms with Crippen molar-refractivity contribution in [1.29, 1.82) is 0 Å². The fraction of sp³-hybridized carbons (Fsp3) is 0.500. The minimum atomic E-state index is -1.20. The lowest BCUT2D eigenvalue weighted by Gasteiger charge is -2.35. The second-order valence-electron chi connectivity index (χ2n) is 7.13. The lowest BCUT2D eigenvalue weighted by Crippen LogP contribution is -2.38. The Labute approximate surface area is 144 Å². The number of Topliss-reactive ketones (excluding diaryl/α,β-unsaturated/α-hetero) is 1. The summed E-state index contributed by atoms with van der Waals surface area (Å²) in [7, 11) is 0. The quantitative estimate of drug-likeness (QED) is 0.629. The molecular formula is C20H28O4. The highest BCUT2D eigenvalue weighted by molar-refractivity contribution is 6.08. The maximum atomic E-state index is 12.7. The molecule has 2 N–H and O–H groups in total. The van der Waals surface area contributed by atoms with Crippen molar-refractivity contribution in [2.75, 3.05) is 0 Å². The largest absolute Gasteiger partial charge is 0.510 e. The number of rotatable bonds is 8. The van der Waals surface area contributed by atoms with Crippen LogP contribution in [-0.2, 0) is 9.59 Å². The molecule has 0 radical (unpaired) electrons. The second kappa shape index (κ2) is 7.65. The highest BCUT2D eigenvalue weighted by Gasteiger charge is 2.47. The molecule has 0 fully saturated rings. The summed E-state index contributed by atoms with van der Waals surface area (Å²) in [5, 5.41) is 20.9. The van der Waals surface area contributed by atoms with E-state index in [0.717, 1.165) is 17.2 Å². The molecule has 1 aliphatic rings. The van der Waals surface area contributed by atoms with E-state index in [1.54, 1.807) is 13.8 Å². The van der Waals surface area contributed by atoms with Crippen molar-refractivity contribution in [3.63, 3.8) is 0 Å². The van der Waals surface area contributed by atoms with Gasteiger partial charge in [-0.3, -0.25) is 9.59 Å². The first-order chi connectivity index (χ1) is 11.0. The van der Waals surface area contributed by atoms with E-state index in [2.05, 4.69) is 13.2 Å². The fourth-order valence-corrected chi connectivity index (χ4v) is 2.81. The van der Waals surface area contributed by atoms with Gasteiger partial charge < -0.3 is 10.2 Å². The summed E-state index contributed by atoms with van der Waals surface area (Å²) in [4.78, 5) is 25.1. The highest BCUT2D eigenvalue weighted by Crippen LogP contribution is 2.45. The van der Waals surface area contributed by atoms with Gasteiger partial charge in [0.2, 0.25) is 0 Å². The number of ketones is 2. The van der Waals surface area contributed by atoms with E-state index >= 15 is 0 Å². The molecule has 0 aliphatic heterocycles. The second-order valence-corrected chi connectivity index (χ2v) is 7.13. The Bertz CT molecular complexity index is 614. The summed E-state index contributed by atoms with van der Waals surface area (Å²) < 4.78 is 0. The first-order valence-electron chi connectivity index (χ1n) is 8.25. The van der Waals surface area contributed by atoms with Crippen LogP contribution in [0.3, 0.4) is 0 Å². The average Bonchev–Trinajstić information content (AvgIpc) is 2.45. The average molecular weight is 332 g/mol. The molecule has 0 atom stereocenters. The maximum Gasteiger partial charge on any atom is 0.173 e. The lowest BCUT2D eigenvalue weighted by molar-refractivity contribution is -0.125. The van der Waals surface area contributed by atoms with Gasteiger partial charge in [-0.15, -0.1) is 13.2 Å². The normalized spacial score (nSPS) is 17.0. The minimum absolute atomic E-state index is 0.131. The lowest BCUT2D eigenvalue weighted by atomic mass is 9.68. The van der Waals surface area contributed by atoms with Crippen molar-refractivity contribution in [1.82, 2.24) is 0 Å². The molecule has 0 heterocycles. The zero-order valence-electron chi connectivity index (χ0n) is 15.1. The van der Waals surface area contributed by atoms with Gasteiger partial charge in [0.1, 0.15) is 11.5 Å². The van der Waals surface area contributed by atoms with Gasteiger partial charge >= 0.3 is 0 Å². The Morgan fingerprint density at radius 1 is 1.12 bits per heavy atom. The minimum Gasteiger partial charge on any atom is -0.510 e. The van der Waals surface area contributed by atoms with Crippen LogP contribution in [0.5, 0.6) is 0 Å². The number of aliphatic hydroxyl groups excluding tert-OH is 2. The van der Waals surface area contributed by atoms with Gasteiger partial charge in [-0.25, -0.2) is 0 Å². The number of hydrogen-bond donors (Lipinski definition) is 2. The van der Waals surface area contributed by atoms with Crippen LogP contribution in [-0.4, -0.2) is 21.8 Å². The van der Waals surface area contributed by atoms with E-state index < -0.39 is 17.1 Å². The first kappa shape index (κ1) is 19.9. The molecule has 0 saturated carbocycles. The summed E-state index contributed by atoms with van der Waals surface area (Å²) in [5.74, 6) is -1.90. The molecule has 4 heteroatoms. The predicted molar refractivity (Wildman–Crippen MR) is 95.7 cm³/mol. The first-order valence-corrected chi connectivity index (χ1v) is 8.25. The fourth-order valence-electron chi connectivity index (χ4n) is 2.81. The molecule has 0 amide bonds. The monoisotopic (exact) mass is 332 g/mol. The molecule has 24 heavy (non-hydrogen) atoms. The molecular weight excluding hydrogens is 304 g/mol.